The fourth-order valence-electron chi connectivity index (χ4n) is 1.06. The molecule has 0 aliphatic rings. The fourth-order valence-corrected chi connectivity index (χ4v) is 1.06. The quantitative estimate of drug-likeness (QED) is 0.581. The summed E-state index contributed by atoms with van der Waals surface area (Å²) in [5, 5.41) is 0. The molecule has 0 saturated carbocycles. The van der Waals surface area contributed by atoms with Gasteiger partial charge in [-0.1, -0.05) is 24.3 Å². The van der Waals surface area contributed by atoms with Crippen LogP contribution in [0.3, 0.4) is 0 Å². The first-order valence-corrected chi connectivity index (χ1v) is 5.15. The van der Waals surface area contributed by atoms with Gasteiger partial charge in [-0.15, -0.1) is 0 Å². The fraction of sp³-hybridized carbons (Fsp3) is 0.385. The van der Waals surface area contributed by atoms with E-state index in [1.165, 1.54) is 0 Å². The zero-order valence-corrected chi connectivity index (χ0v) is 9.82. The molecule has 0 spiro atoms. The molecule has 0 aliphatic carbocycles. The molecule has 3 nitrogen and oxygen atoms in total. The molecular weight excluding hydrogens is 204 g/mol. The van der Waals surface area contributed by atoms with E-state index in [1.54, 1.807) is 24.3 Å². The summed E-state index contributed by atoms with van der Waals surface area (Å²) in [6.07, 6.45) is 0.783. The molecule has 0 bridgehead atoms. The average Bonchev–Trinajstić information content (AvgIpc) is 2.25. The van der Waals surface area contributed by atoms with E-state index in [0.29, 0.717) is 5.56 Å². The summed E-state index contributed by atoms with van der Waals surface area (Å²) in [5.41, 5.74) is 1.01. The number of ether oxygens (including phenoxy) is 1. The van der Waals surface area contributed by atoms with Gasteiger partial charge in [-0.2, -0.15) is 0 Å². The van der Waals surface area contributed by atoms with Crippen LogP contribution in [-0.4, -0.2) is 12.3 Å². The van der Waals surface area contributed by atoms with Gasteiger partial charge in [-0.25, -0.2) is 0 Å². The molecule has 0 fully saturated rings. The van der Waals surface area contributed by atoms with Crippen molar-refractivity contribution in [3.05, 3.63) is 35.4 Å². The summed E-state index contributed by atoms with van der Waals surface area (Å²) in [7, 11) is 0. The maximum absolute atomic E-state index is 11.5. The Morgan fingerprint density at radius 1 is 1.25 bits per heavy atom. The molecule has 0 atom stereocenters. The number of benzene rings is 1. The number of aldehydes is 1. The topological polar surface area (TPSA) is 43.4 Å². The molecule has 3 heteroatoms. The van der Waals surface area contributed by atoms with Crippen LogP contribution in [0.1, 0.15) is 36.7 Å². The number of carbonyl (C=O) groups excluding carboxylic acids is 2. The molecule has 0 aliphatic heterocycles. The minimum Gasteiger partial charge on any atom is -0.460 e. The van der Waals surface area contributed by atoms with Gasteiger partial charge in [-0.05, 0) is 26.3 Å². The molecule has 0 amide bonds. The lowest BCUT2D eigenvalue weighted by atomic mass is 9.97. The van der Waals surface area contributed by atoms with E-state index in [2.05, 4.69) is 0 Å². The van der Waals surface area contributed by atoms with Crippen LogP contribution in [0.25, 0.3) is 0 Å². The lowest BCUT2D eigenvalue weighted by molar-refractivity contribution is -0.154. The Bertz CT molecular complexity index is 371. The predicted octanol–water partition coefficient (Wildman–Crippen LogP) is 2.59. The smallest absolute Gasteiger partial charge is 0.311 e. The molecule has 0 aromatic heterocycles. The Labute approximate surface area is 95.4 Å². The van der Waals surface area contributed by atoms with E-state index in [0.717, 1.165) is 11.8 Å². The Hall–Kier alpha value is -1.64. The first-order valence-electron chi connectivity index (χ1n) is 5.15. The second kappa shape index (κ2) is 4.92. The second-order valence-electron chi connectivity index (χ2n) is 4.69. The standard InChI is InChI=1S/C13H16O3/c1-13(2,3)12(15)16-9-11-6-4-10(8-14)5-7-11/h4-8H,9H2,1-3H3. The molecule has 0 N–H and O–H groups in total. The summed E-state index contributed by atoms with van der Waals surface area (Å²) < 4.78 is 5.14. The van der Waals surface area contributed by atoms with E-state index >= 15 is 0 Å². The van der Waals surface area contributed by atoms with Crippen LogP contribution >= 0.6 is 0 Å². The van der Waals surface area contributed by atoms with Gasteiger partial charge >= 0.3 is 5.97 Å². The third-order valence-corrected chi connectivity index (χ3v) is 2.10. The van der Waals surface area contributed by atoms with Gasteiger partial charge < -0.3 is 4.74 Å². The van der Waals surface area contributed by atoms with Crippen molar-refractivity contribution < 1.29 is 14.3 Å². The van der Waals surface area contributed by atoms with Crippen molar-refractivity contribution in [2.75, 3.05) is 0 Å². The molecule has 86 valence electrons. The highest BCUT2D eigenvalue weighted by atomic mass is 16.5. The monoisotopic (exact) mass is 220 g/mol. The molecule has 16 heavy (non-hydrogen) atoms. The average molecular weight is 220 g/mol. The molecular formula is C13H16O3. The Morgan fingerprint density at radius 3 is 2.25 bits per heavy atom. The molecule has 1 aromatic carbocycles. The molecule has 1 rings (SSSR count). The third kappa shape index (κ3) is 3.50. The van der Waals surface area contributed by atoms with E-state index in [9.17, 15) is 9.59 Å². The number of esters is 1. The number of hydrogen-bond donors (Lipinski definition) is 0. The van der Waals surface area contributed by atoms with Crippen LogP contribution < -0.4 is 0 Å². The van der Waals surface area contributed by atoms with Crippen LogP contribution in [0.5, 0.6) is 0 Å². The Morgan fingerprint density at radius 2 is 1.81 bits per heavy atom. The van der Waals surface area contributed by atoms with Gasteiger partial charge in [0, 0.05) is 5.56 Å². The van der Waals surface area contributed by atoms with Gasteiger partial charge in [0.15, 0.2) is 0 Å². The number of hydrogen-bond acceptors (Lipinski definition) is 3. The summed E-state index contributed by atoms with van der Waals surface area (Å²) in [5.74, 6) is -0.230. The highest BCUT2D eigenvalue weighted by Gasteiger charge is 2.22. The summed E-state index contributed by atoms with van der Waals surface area (Å²) in [6.45, 7) is 5.68. The molecule has 0 saturated heterocycles. The zero-order chi connectivity index (χ0) is 12.2. The summed E-state index contributed by atoms with van der Waals surface area (Å²) in [4.78, 5) is 21.9. The van der Waals surface area contributed by atoms with Gasteiger partial charge in [0.05, 0.1) is 5.41 Å². The van der Waals surface area contributed by atoms with Crippen molar-refractivity contribution in [3.63, 3.8) is 0 Å². The second-order valence-corrected chi connectivity index (χ2v) is 4.69. The lowest BCUT2D eigenvalue weighted by Gasteiger charge is -2.16. The van der Waals surface area contributed by atoms with E-state index in [1.807, 2.05) is 20.8 Å². The molecule has 1 aromatic rings. The van der Waals surface area contributed by atoms with Crippen molar-refractivity contribution in [1.82, 2.24) is 0 Å². The first-order chi connectivity index (χ1) is 7.43. The minimum atomic E-state index is -0.483. The van der Waals surface area contributed by atoms with Crippen molar-refractivity contribution in [2.24, 2.45) is 5.41 Å². The van der Waals surface area contributed by atoms with Crippen LogP contribution in [0.4, 0.5) is 0 Å². The highest BCUT2D eigenvalue weighted by molar-refractivity contribution is 5.75. The number of carbonyl (C=O) groups is 2. The van der Waals surface area contributed by atoms with Crippen molar-refractivity contribution in [2.45, 2.75) is 27.4 Å². The van der Waals surface area contributed by atoms with Gasteiger partial charge in [0.2, 0.25) is 0 Å². The molecule has 0 heterocycles. The summed E-state index contributed by atoms with van der Waals surface area (Å²) >= 11 is 0. The Kier molecular flexibility index (Phi) is 3.82. The van der Waals surface area contributed by atoms with Crippen LogP contribution in [-0.2, 0) is 16.1 Å². The van der Waals surface area contributed by atoms with Crippen LogP contribution in [0.15, 0.2) is 24.3 Å². The van der Waals surface area contributed by atoms with Gasteiger partial charge in [0.1, 0.15) is 12.9 Å². The van der Waals surface area contributed by atoms with E-state index < -0.39 is 5.41 Å². The van der Waals surface area contributed by atoms with Crippen molar-refractivity contribution >= 4 is 12.3 Å². The highest BCUT2D eigenvalue weighted by Crippen LogP contribution is 2.16. The van der Waals surface area contributed by atoms with Gasteiger partial charge in [0.25, 0.3) is 0 Å². The van der Waals surface area contributed by atoms with Crippen molar-refractivity contribution in [1.29, 1.82) is 0 Å². The third-order valence-electron chi connectivity index (χ3n) is 2.10. The lowest BCUT2D eigenvalue weighted by Crippen LogP contribution is -2.22. The first kappa shape index (κ1) is 12.4. The zero-order valence-electron chi connectivity index (χ0n) is 9.82. The van der Waals surface area contributed by atoms with E-state index in [-0.39, 0.29) is 12.6 Å². The summed E-state index contributed by atoms with van der Waals surface area (Å²) in [6, 6.07) is 6.96. The normalized spacial score (nSPS) is 10.9. The maximum Gasteiger partial charge on any atom is 0.311 e. The van der Waals surface area contributed by atoms with Gasteiger partial charge in [-0.3, -0.25) is 9.59 Å². The maximum atomic E-state index is 11.5. The van der Waals surface area contributed by atoms with Crippen LogP contribution in [0, 0.1) is 5.41 Å². The minimum absolute atomic E-state index is 0.230. The van der Waals surface area contributed by atoms with Crippen LogP contribution in [0.2, 0.25) is 0 Å². The van der Waals surface area contributed by atoms with Crippen molar-refractivity contribution in [3.8, 4) is 0 Å². The van der Waals surface area contributed by atoms with E-state index in [4.69, 9.17) is 4.74 Å². The molecule has 0 radical (unpaired) electrons. The SMILES string of the molecule is CC(C)(C)C(=O)OCc1ccc(C=O)cc1. The Balaban J connectivity index is 2.55. The number of rotatable bonds is 3. The predicted molar refractivity (Wildman–Crippen MR) is 61.1 cm³/mol. The molecule has 0 unspecified atom stereocenters. The largest absolute Gasteiger partial charge is 0.460 e.